The second kappa shape index (κ2) is 8.08. The number of pyridine rings is 1. The van der Waals surface area contributed by atoms with Crippen molar-refractivity contribution in [1.29, 1.82) is 0 Å². The molecule has 0 atom stereocenters. The van der Waals surface area contributed by atoms with E-state index in [0.717, 1.165) is 72.6 Å². The summed E-state index contributed by atoms with van der Waals surface area (Å²) in [5.41, 5.74) is 4.02. The van der Waals surface area contributed by atoms with Crippen molar-refractivity contribution in [2.75, 3.05) is 26.2 Å². The fourth-order valence-electron chi connectivity index (χ4n) is 3.89. The van der Waals surface area contributed by atoms with E-state index >= 15 is 0 Å². The summed E-state index contributed by atoms with van der Waals surface area (Å²) in [7, 11) is 0. The van der Waals surface area contributed by atoms with Gasteiger partial charge in [-0.05, 0) is 30.2 Å². The number of carbonyl (C=O) groups excluding carboxylic acids is 1. The average molecular weight is 401 g/mol. The van der Waals surface area contributed by atoms with Crippen LogP contribution in [-0.4, -0.2) is 58.0 Å². The van der Waals surface area contributed by atoms with Gasteiger partial charge >= 0.3 is 0 Å². The zero-order chi connectivity index (χ0) is 20.3. The Bertz CT molecular complexity index is 1130. The SMILES string of the molecule is O=C(NC1=CN=C(N2CCNCC2)CC1)c1n[nH]c2ccc(-c3cccnc3)cc12. The molecule has 5 rings (SSSR count). The number of hydrogen-bond acceptors (Lipinski definition) is 6. The average Bonchev–Trinajstić information content (AvgIpc) is 3.24. The van der Waals surface area contributed by atoms with Crippen LogP contribution < -0.4 is 10.6 Å². The lowest BCUT2D eigenvalue weighted by molar-refractivity contribution is 0.0961. The Labute approximate surface area is 174 Å². The molecule has 0 aliphatic carbocycles. The number of aromatic amines is 1. The van der Waals surface area contributed by atoms with Crippen molar-refractivity contribution in [2.45, 2.75) is 12.8 Å². The molecule has 0 unspecified atom stereocenters. The van der Waals surface area contributed by atoms with E-state index in [9.17, 15) is 4.79 Å². The molecule has 8 nitrogen and oxygen atoms in total. The van der Waals surface area contributed by atoms with Gasteiger partial charge in [0.25, 0.3) is 5.91 Å². The monoisotopic (exact) mass is 401 g/mol. The molecular formula is C22H23N7O. The number of allylic oxidation sites excluding steroid dienone is 1. The van der Waals surface area contributed by atoms with Gasteiger partial charge in [0.05, 0.1) is 5.52 Å². The minimum absolute atomic E-state index is 0.225. The van der Waals surface area contributed by atoms with Gasteiger partial charge in [0.2, 0.25) is 0 Å². The number of H-pyrrole nitrogens is 1. The van der Waals surface area contributed by atoms with Crippen LogP contribution in [0.5, 0.6) is 0 Å². The number of hydrogen-bond donors (Lipinski definition) is 3. The minimum atomic E-state index is -0.225. The molecule has 2 aliphatic heterocycles. The summed E-state index contributed by atoms with van der Waals surface area (Å²) in [6, 6.07) is 9.79. The Hall–Kier alpha value is -3.52. The molecule has 1 fully saturated rings. The van der Waals surface area contributed by atoms with E-state index in [1.807, 2.05) is 36.5 Å². The van der Waals surface area contributed by atoms with Gasteiger partial charge in [0.15, 0.2) is 5.69 Å². The van der Waals surface area contributed by atoms with Crippen LogP contribution in [-0.2, 0) is 0 Å². The number of nitrogens with zero attached hydrogens (tertiary/aromatic N) is 4. The maximum absolute atomic E-state index is 12.9. The molecule has 0 radical (unpaired) electrons. The first-order chi connectivity index (χ1) is 14.8. The van der Waals surface area contributed by atoms with Gasteiger partial charge in [-0.3, -0.25) is 14.9 Å². The van der Waals surface area contributed by atoms with Crippen LogP contribution in [0.15, 0.2) is 59.6 Å². The first kappa shape index (κ1) is 18.5. The zero-order valence-corrected chi connectivity index (χ0v) is 16.6. The van der Waals surface area contributed by atoms with Crippen molar-refractivity contribution in [3.8, 4) is 11.1 Å². The summed E-state index contributed by atoms with van der Waals surface area (Å²) < 4.78 is 0. The molecule has 3 N–H and O–H groups in total. The van der Waals surface area contributed by atoms with E-state index in [2.05, 4.69) is 35.7 Å². The topological polar surface area (TPSA) is 98.3 Å². The van der Waals surface area contributed by atoms with Gasteiger partial charge in [-0.1, -0.05) is 12.1 Å². The highest BCUT2D eigenvalue weighted by Crippen LogP contribution is 2.25. The minimum Gasteiger partial charge on any atom is -0.358 e. The molecule has 4 heterocycles. The first-order valence-electron chi connectivity index (χ1n) is 10.2. The molecular weight excluding hydrogens is 378 g/mol. The molecule has 1 saturated heterocycles. The smallest absolute Gasteiger partial charge is 0.276 e. The molecule has 0 bridgehead atoms. The van der Waals surface area contributed by atoms with Crippen LogP contribution in [0.4, 0.5) is 0 Å². The number of aromatic nitrogens is 3. The number of rotatable bonds is 3. The summed E-state index contributed by atoms with van der Waals surface area (Å²) in [5, 5.41) is 14.3. The number of fused-ring (bicyclic) bond motifs is 1. The van der Waals surface area contributed by atoms with Gasteiger partial charge in [0.1, 0.15) is 5.84 Å². The number of benzene rings is 1. The summed E-state index contributed by atoms with van der Waals surface area (Å²) >= 11 is 0. The van der Waals surface area contributed by atoms with Crippen LogP contribution >= 0.6 is 0 Å². The molecule has 0 spiro atoms. The predicted octanol–water partition coefficient (Wildman–Crippen LogP) is 2.29. The number of carbonyl (C=O) groups is 1. The number of piperazine rings is 1. The fraction of sp³-hybridized carbons (Fsp3) is 0.273. The van der Waals surface area contributed by atoms with E-state index < -0.39 is 0 Å². The molecule has 152 valence electrons. The molecule has 30 heavy (non-hydrogen) atoms. The Morgan fingerprint density at radius 3 is 2.77 bits per heavy atom. The predicted molar refractivity (Wildman–Crippen MR) is 116 cm³/mol. The zero-order valence-electron chi connectivity index (χ0n) is 16.6. The Morgan fingerprint density at radius 2 is 2.00 bits per heavy atom. The van der Waals surface area contributed by atoms with Crippen molar-refractivity contribution in [2.24, 2.45) is 4.99 Å². The Balaban J connectivity index is 1.35. The van der Waals surface area contributed by atoms with Crippen LogP contribution in [0, 0.1) is 0 Å². The summed E-state index contributed by atoms with van der Waals surface area (Å²) in [5.74, 6) is 0.873. The molecule has 2 aromatic heterocycles. The third kappa shape index (κ3) is 3.69. The van der Waals surface area contributed by atoms with Crippen molar-refractivity contribution in [3.05, 3.63) is 60.3 Å². The Morgan fingerprint density at radius 1 is 1.10 bits per heavy atom. The first-order valence-corrected chi connectivity index (χ1v) is 10.2. The molecule has 1 amide bonds. The van der Waals surface area contributed by atoms with E-state index in [1.54, 1.807) is 12.4 Å². The third-order valence-electron chi connectivity index (χ3n) is 5.52. The second-order valence-corrected chi connectivity index (χ2v) is 7.47. The quantitative estimate of drug-likeness (QED) is 0.626. The van der Waals surface area contributed by atoms with Crippen molar-refractivity contribution < 1.29 is 4.79 Å². The van der Waals surface area contributed by atoms with Crippen LogP contribution in [0.25, 0.3) is 22.0 Å². The van der Waals surface area contributed by atoms with Crippen molar-refractivity contribution >= 4 is 22.6 Å². The summed E-state index contributed by atoms with van der Waals surface area (Å²) in [6.45, 7) is 3.93. The molecule has 2 aliphatic rings. The lowest BCUT2D eigenvalue weighted by Gasteiger charge is -2.31. The molecule has 8 heteroatoms. The largest absolute Gasteiger partial charge is 0.358 e. The standard InChI is InChI=1S/C22H23N7O/c30-22(26-17-4-6-20(25-14-17)29-10-8-23-9-11-29)21-18-12-15(3-5-19(18)27-28-21)16-2-1-7-24-13-16/h1-3,5,7,12-14,23H,4,6,8-11H2,(H,26,30)(H,27,28). The van der Waals surface area contributed by atoms with E-state index in [0.29, 0.717) is 5.69 Å². The number of aliphatic imine (C=N–C) groups is 1. The highest BCUT2D eigenvalue weighted by molar-refractivity contribution is 6.06. The van der Waals surface area contributed by atoms with Crippen LogP contribution in [0.3, 0.4) is 0 Å². The number of amides is 1. The van der Waals surface area contributed by atoms with Crippen molar-refractivity contribution in [3.63, 3.8) is 0 Å². The molecule has 3 aromatic rings. The van der Waals surface area contributed by atoms with E-state index in [-0.39, 0.29) is 5.91 Å². The highest BCUT2D eigenvalue weighted by Gasteiger charge is 2.20. The van der Waals surface area contributed by atoms with Gasteiger partial charge in [0, 0.05) is 67.8 Å². The Kier molecular flexibility index (Phi) is 4.98. The lowest BCUT2D eigenvalue weighted by Crippen LogP contribution is -2.46. The van der Waals surface area contributed by atoms with E-state index in [4.69, 9.17) is 0 Å². The fourth-order valence-corrected chi connectivity index (χ4v) is 3.89. The lowest BCUT2D eigenvalue weighted by atomic mass is 10.0. The molecule has 1 aromatic carbocycles. The van der Waals surface area contributed by atoms with Crippen LogP contribution in [0.2, 0.25) is 0 Å². The number of nitrogens with one attached hydrogen (secondary N) is 3. The maximum atomic E-state index is 12.9. The number of amidine groups is 1. The highest BCUT2D eigenvalue weighted by atomic mass is 16.2. The second-order valence-electron chi connectivity index (χ2n) is 7.47. The van der Waals surface area contributed by atoms with Crippen molar-refractivity contribution in [1.82, 2.24) is 30.7 Å². The van der Waals surface area contributed by atoms with Crippen LogP contribution in [0.1, 0.15) is 23.3 Å². The van der Waals surface area contributed by atoms with Gasteiger partial charge in [-0.2, -0.15) is 5.10 Å². The maximum Gasteiger partial charge on any atom is 0.276 e. The normalized spacial score (nSPS) is 16.9. The van der Waals surface area contributed by atoms with Gasteiger partial charge in [-0.25, -0.2) is 4.99 Å². The van der Waals surface area contributed by atoms with Gasteiger partial charge in [-0.15, -0.1) is 0 Å². The van der Waals surface area contributed by atoms with E-state index in [1.165, 1.54) is 0 Å². The summed E-state index contributed by atoms with van der Waals surface area (Å²) in [6.07, 6.45) is 6.92. The summed E-state index contributed by atoms with van der Waals surface area (Å²) in [4.78, 5) is 24.0. The third-order valence-corrected chi connectivity index (χ3v) is 5.52. The molecule has 0 saturated carbocycles. The van der Waals surface area contributed by atoms with Gasteiger partial charge < -0.3 is 15.5 Å².